The van der Waals surface area contributed by atoms with Crippen LogP contribution in [0.15, 0.2) is 81.2 Å². The van der Waals surface area contributed by atoms with Crippen molar-refractivity contribution in [2.75, 3.05) is 24.1 Å². The minimum Gasteiger partial charge on any atom is -0.490 e. The molecule has 3 aromatic rings. The Morgan fingerprint density at radius 3 is 2.35 bits per heavy atom. The summed E-state index contributed by atoms with van der Waals surface area (Å²) >= 11 is 3.35. The molecule has 10 heteroatoms. The van der Waals surface area contributed by atoms with Crippen LogP contribution in [0.2, 0.25) is 0 Å². The van der Waals surface area contributed by atoms with Gasteiger partial charge in [-0.1, -0.05) is 40.5 Å². The minimum absolute atomic E-state index is 0.0890. The minimum atomic E-state index is -4.01. The number of nitrogens with zero attached hydrogens (tertiary/aromatic N) is 2. The summed E-state index contributed by atoms with van der Waals surface area (Å²) in [7, 11) is -4.01. The van der Waals surface area contributed by atoms with Gasteiger partial charge in [-0.15, -0.1) is 0 Å². The summed E-state index contributed by atoms with van der Waals surface area (Å²) in [4.78, 5) is 12.9. The van der Waals surface area contributed by atoms with Gasteiger partial charge in [0.25, 0.3) is 15.9 Å². The van der Waals surface area contributed by atoms with Crippen LogP contribution in [-0.2, 0) is 14.8 Å². The smallest absolute Gasteiger partial charge is 0.264 e. The zero-order valence-corrected chi connectivity index (χ0v) is 23.4. The maximum atomic E-state index is 13.4. The standard InChI is InChI=1S/C27H30BrN3O5S/c1-4-16-36-25-15-8-21(17-26(25)35-5-2)18-29-30-27(32)19-31(23-11-9-22(28)10-12-23)37(33,34)24-13-6-20(3)7-14-24/h6-15,17-18H,4-5,16,19H2,1-3H3,(H,30,32)/b29-18-. The van der Waals surface area contributed by atoms with Crippen LogP contribution in [0, 0.1) is 6.92 Å². The second kappa shape index (κ2) is 13.3. The molecule has 0 spiro atoms. The van der Waals surface area contributed by atoms with Gasteiger partial charge in [-0.25, -0.2) is 13.8 Å². The first-order valence-electron chi connectivity index (χ1n) is 11.8. The largest absolute Gasteiger partial charge is 0.490 e. The second-order valence-electron chi connectivity index (χ2n) is 8.08. The SMILES string of the molecule is CCCOc1ccc(/C=N\NC(=O)CN(c2ccc(Br)cc2)S(=O)(=O)c2ccc(C)cc2)cc1OCC. The van der Waals surface area contributed by atoms with Crippen molar-refractivity contribution in [3.8, 4) is 11.5 Å². The van der Waals surface area contributed by atoms with Crippen molar-refractivity contribution < 1.29 is 22.7 Å². The van der Waals surface area contributed by atoms with Gasteiger partial charge in [0.2, 0.25) is 0 Å². The molecule has 8 nitrogen and oxygen atoms in total. The number of hydrogen-bond acceptors (Lipinski definition) is 6. The summed E-state index contributed by atoms with van der Waals surface area (Å²) in [6.07, 6.45) is 2.33. The number of hydrogen-bond donors (Lipinski definition) is 1. The van der Waals surface area contributed by atoms with Gasteiger partial charge in [0.15, 0.2) is 11.5 Å². The third-order valence-electron chi connectivity index (χ3n) is 5.14. The van der Waals surface area contributed by atoms with Gasteiger partial charge in [0.05, 0.1) is 30.0 Å². The fourth-order valence-corrected chi connectivity index (χ4v) is 4.99. The summed E-state index contributed by atoms with van der Waals surface area (Å²) in [6, 6.07) is 18.5. The van der Waals surface area contributed by atoms with E-state index in [1.807, 2.05) is 20.8 Å². The van der Waals surface area contributed by atoms with Crippen LogP contribution in [0.1, 0.15) is 31.4 Å². The van der Waals surface area contributed by atoms with E-state index >= 15 is 0 Å². The first-order chi connectivity index (χ1) is 17.7. The molecule has 0 radical (unpaired) electrons. The third-order valence-corrected chi connectivity index (χ3v) is 7.46. The second-order valence-corrected chi connectivity index (χ2v) is 10.9. The molecule has 0 fully saturated rings. The number of hydrazone groups is 1. The van der Waals surface area contributed by atoms with E-state index < -0.39 is 22.5 Å². The number of ether oxygens (including phenoxy) is 2. The van der Waals surface area contributed by atoms with Crippen LogP contribution in [0.3, 0.4) is 0 Å². The van der Waals surface area contributed by atoms with Crippen molar-refractivity contribution in [2.45, 2.75) is 32.1 Å². The maximum Gasteiger partial charge on any atom is 0.264 e. The van der Waals surface area contributed by atoms with Crippen molar-refractivity contribution in [2.24, 2.45) is 5.10 Å². The van der Waals surface area contributed by atoms with Crippen LogP contribution in [0.25, 0.3) is 0 Å². The molecule has 3 rings (SSSR count). The number of rotatable bonds is 12. The lowest BCUT2D eigenvalue weighted by atomic mass is 10.2. The number of amides is 1. The lowest BCUT2D eigenvalue weighted by molar-refractivity contribution is -0.119. The highest BCUT2D eigenvalue weighted by Gasteiger charge is 2.27. The Balaban J connectivity index is 1.78. The molecule has 0 unspecified atom stereocenters. The first-order valence-corrected chi connectivity index (χ1v) is 14.0. The van der Waals surface area contributed by atoms with Crippen LogP contribution in [0.5, 0.6) is 11.5 Å². The van der Waals surface area contributed by atoms with E-state index in [2.05, 4.69) is 26.5 Å². The maximum absolute atomic E-state index is 13.4. The summed E-state index contributed by atoms with van der Waals surface area (Å²) in [5.41, 5.74) is 4.39. The van der Waals surface area contributed by atoms with Gasteiger partial charge < -0.3 is 9.47 Å². The summed E-state index contributed by atoms with van der Waals surface area (Å²) in [5.74, 6) is 0.621. The van der Waals surface area contributed by atoms with Crippen LogP contribution in [0.4, 0.5) is 5.69 Å². The normalized spacial score (nSPS) is 11.4. The topological polar surface area (TPSA) is 97.3 Å². The number of aryl methyl sites for hydroxylation is 1. The number of carbonyl (C=O) groups excluding carboxylic acids is 1. The zero-order chi connectivity index (χ0) is 26.8. The zero-order valence-electron chi connectivity index (χ0n) is 21.0. The van der Waals surface area contributed by atoms with Gasteiger partial charge in [-0.05, 0) is 80.4 Å². The van der Waals surface area contributed by atoms with E-state index in [1.54, 1.807) is 54.6 Å². The van der Waals surface area contributed by atoms with E-state index in [-0.39, 0.29) is 4.90 Å². The predicted molar refractivity (Wildman–Crippen MR) is 149 cm³/mol. The summed E-state index contributed by atoms with van der Waals surface area (Å²) in [6.45, 7) is 6.37. The number of halogens is 1. The lowest BCUT2D eigenvalue weighted by Crippen LogP contribution is -2.39. The van der Waals surface area contributed by atoms with Gasteiger partial charge >= 0.3 is 0 Å². The lowest BCUT2D eigenvalue weighted by Gasteiger charge is -2.23. The average molecular weight is 589 g/mol. The molecule has 37 heavy (non-hydrogen) atoms. The molecular weight excluding hydrogens is 558 g/mol. The van der Waals surface area contributed by atoms with Gasteiger partial charge in [0, 0.05) is 4.47 Å². The van der Waals surface area contributed by atoms with Gasteiger partial charge in [0.1, 0.15) is 6.54 Å². The monoisotopic (exact) mass is 587 g/mol. The van der Waals surface area contributed by atoms with E-state index in [0.717, 1.165) is 20.8 Å². The number of nitrogens with one attached hydrogen (secondary N) is 1. The fraction of sp³-hybridized carbons (Fsp3) is 0.259. The molecule has 1 N–H and O–H groups in total. The Kier molecular flexibility index (Phi) is 10.1. The average Bonchev–Trinajstić information content (AvgIpc) is 2.88. The summed E-state index contributed by atoms with van der Waals surface area (Å²) < 4.78 is 40.1. The molecule has 0 aliphatic heterocycles. The quantitative estimate of drug-likeness (QED) is 0.229. The van der Waals surface area contributed by atoms with Crippen molar-refractivity contribution in [3.05, 3.63) is 82.3 Å². The molecule has 0 aliphatic rings. The number of carbonyl (C=O) groups is 1. The Bertz CT molecular complexity index is 1330. The van der Waals surface area contributed by atoms with Gasteiger partial charge in [-0.2, -0.15) is 5.10 Å². The van der Waals surface area contributed by atoms with Crippen molar-refractivity contribution in [1.29, 1.82) is 0 Å². The number of anilines is 1. The summed E-state index contributed by atoms with van der Waals surface area (Å²) in [5, 5.41) is 4.01. The number of benzene rings is 3. The highest BCUT2D eigenvalue weighted by Crippen LogP contribution is 2.28. The van der Waals surface area contributed by atoms with E-state index in [9.17, 15) is 13.2 Å². The van der Waals surface area contributed by atoms with Crippen LogP contribution >= 0.6 is 15.9 Å². The molecule has 3 aromatic carbocycles. The van der Waals surface area contributed by atoms with E-state index in [4.69, 9.17) is 9.47 Å². The van der Waals surface area contributed by atoms with E-state index in [0.29, 0.717) is 36.0 Å². The molecule has 196 valence electrons. The predicted octanol–water partition coefficient (Wildman–Crippen LogP) is 5.29. The Morgan fingerprint density at radius 1 is 1.00 bits per heavy atom. The third kappa shape index (κ3) is 7.80. The molecular formula is C27H30BrN3O5S. The highest BCUT2D eigenvalue weighted by atomic mass is 79.9. The molecule has 0 aromatic heterocycles. The molecule has 0 aliphatic carbocycles. The van der Waals surface area contributed by atoms with Crippen LogP contribution < -0.4 is 19.2 Å². The Hall–Kier alpha value is -3.37. The number of sulfonamides is 1. The fourth-order valence-electron chi connectivity index (χ4n) is 3.31. The Labute approximate surface area is 226 Å². The van der Waals surface area contributed by atoms with Crippen LogP contribution in [-0.4, -0.2) is 40.3 Å². The Morgan fingerprint density at radius 2 is 1.70 bits per heavy atom. The van der Waals surface area contributed by atoms with Crippen molar-refractivity contribution in [1.82, 2.24) is 5.43 Å². The highest BCUT2D eigenvalue weighted by molar-refractivity contribution is 9.10. The molecule has 0 bridgehead atoms. The van der Waals surface area contributed by atoms with Crippen molar-refractivity contribution in [3.63, 3.8) is 0 Å². The molecule has 1 amide bonds. The molecule has 0 atom stereocenters. The van der Waals surface area contributed by atoms with Crippen molar-refractivity contribution >= 4 is 43.8 Å². The van der Waals surface area contributed by atoms with Gasteiger partial charge in [-0.3, -0.25) is 9.10 Å². The molecule has 0 saturated heterocycles. The molecule has 0 heterocycles. The van der Waals surface area contributed by atoms with E-state index in [1.165, 1.54) is 18.3 Å². The molecule has 0 saturated carbocycles. The first kappa shape index (κ1) is 28.2.